The van der Waals surface area contributed by atoms with Crippen molar-refractivity contribution in [1.29, 1.82) is 0 Å². The molecule has 1 N–H and O–H groups in total. The SMILES string of the molecule is CC(=O)c1ccc(C(=O)N2CCC3(CCN(C(=O)Nc4cc(C)c(C)cc4C)C3)CC2)cc1. The lowest BCUT2D eigenvalue weighted by Gasteiger charge is -2.39. The number of rotatable bonds is 3. The van der Waals surface area contributed by atoms with Crippen molar-refractivity contribution in [3.63, 3.8) is 0 Å². The van der Waals surface area contributed by atoms with Crippen LogP contribution in [0.3, 0.4) is 0 Å². The third-order valence-electron chi connectivity index (χ3n) is 7.46. The van der Waals surface area contributed by atoms with E-state index in [4.69, 9.17) is 0 Å². The molecule has 0 bridgehead atoms. The summed E-state index contributed by atoms with van der Waals surface area (Å²) in [5.41, 5.74) is 5.66. The molecule has 1 spiro atoms. The van der Waals surface area contributed by atoms with Crippen molar-refractivity contribution >= 4 is 23.4 Å². The Labute approximate surface area is 196 Å². The van der Waals surface area contributed by atoms with Crippen molar-refractivity contribution in [3.8, 4) is 0 Å². The summed E-state index contributed by atoms with van der Waals surface area (Å²) in [7, 11) is 0. The number of piperidine rings is 1. The summed E-state index contributed by atoms with van der Waals surface area (Å²) in [6.07, 6.45) is 2.77. The average molecular weight is 448 g/mol. The molecule has 33 heavy (non-hydrogen) atoms. The molecule has 174 valence electrons. The van der Waals surface area contributed by atoms with Crippen LogP contribution < -0.4 is 5.32 Å². The summed E-state index contributed by atoms with van der Waals surface area (Å²) in [5.74, 6) is 0.00850. The number of anilines is 1. The lowest BCUT2D eigenvalue weighted by Crippen LogP contribution is -2.45. The second-order valence-electron chi connectivity index (χ2n) is 9.78. The highest BCUT2D eigenvalue weighted by molar-refractivity contribution is 5.97. The number of benzene rings is 2. The van der Waals surface area contributed by atoms with Gasteiger partial charge in [-0.05, 0) is 87.3 Å². The number of likely N-dealkylation sites (tertiary alicyclic amines) is 2. The zero-order valence-electron chi connectivity index (χ0n) is 20.0. The largest absolute Gasteiger partial charge is 0.339 e. The average Bonchev–Trinajstić information content (AvgIpc) is 3.21. The van der Waals surface area contributed by atoms with Crippen molar-refractivity contribution in [1.82, 2.24) is 9.80 Å². The maximum Gasteiger partial charge on any atom is 0.321 e. The van der Waals surface area contributed by atoms with Gasteiger partial charge in [0.05, 0.1) is 0 Å². The number of nitrogens with zero attached hydrogens (tertiary/aromatic N) is 2. The van der Waals surface area contributed by atoms with E-state index in [1.165, 1.54) is 18.1 Å². The molecule has 2 aliphatic rings. The molecule has 2 aromatic rings. The Balaban J connectivity index is 1.34. The van der Waals surface area contributed by atoms with Crippen LogP contribution in [0.25, 0.3) is 0 Å². The van der Waals surface area contributed by atoms with Crippen molar-refractivity contribution in [3.05, 3.63) is 64.2 Å². The van der Waals surface area contributed by atoms with Crippen molar-refractivity contribution in [2.75, 3.05) is 31.5 Å². The Bertz CT molecular complexity index is 1080. The zero-order valence-corrected chi connectivity index (χ0v) is 20.0. The Morgan fingerprint density at radius 3 is 1.94 bits per heavy atom. The van der Waals surface area contributed by atoms with E-state index in [0.717, 1.165) is 43.6 Å². The molecule has 3 amide bonds. The standard InChI is InChI=1S/C27H33N3O3/c1-18-15-20(3)24(16-19(18)2)28-26(33)30-14-11-27(17-30)9-12-29(13-10-27)25(32)23-7-5-22(6-8-23)21(4)31/h5-8,15-16H,9-14,17H2,1-4H3,(H,28,33). The minimum Gasteiger partial charge on any atom is -0.339 e. The van der Waals surface area contributed by atoms with Crippen LogP contribution in [0.1, 0.15) is 63.6 Å². The first-order valence-corrected chi connectivity index (χ1v) is 11.7. The fourth-order valence-corrected chi connectivity index (χ4v) is 5.02. The van der Waals surface area contributed by atoms with Crippen LogP contribution >= 0.6 is 0 Å². The van der Waals surface area contributed by atoms with Gasteiger partial charge in [-0.1, -0.05) is 18.2 Å². The number of amides is 3. The Hall–Kier alpha value is -3.15. The van der Waals surface area contributed by atoms with Gasteiger partial charge in [-0.3, -0.25) is 9.59 Å². The normalized spacial score (nSPS) is 17.3. The van der Waals surface area contributed by atoms with Gasteiger partial charge in [0.2, 0.25) is 0 Å². The molecule has 2 saturated heterocycles. The zero-order chi connectivity index (χ0) is 23.8. The van der Waals surface area contributed by atoms with Gasteiger partial charge in [0.1, 0.15) is 0 Å². The Morgan fingerprint density at radius 2 is 1.33 bits per heavy atom. The topological polar surface area (TPSA) is 69.7 Å². The number of hydrogen-bond donors (Lipinski definition) is 1. The summed E-state index contributed by atoms with van der Waals surface area (Å²) in [6, 6.07) is 11.0. The number of carbonyl (C=O) groups excluding carboxylic acids is 3. The smallest absolute Gasteiger partial charge is 0.321 e. The van der Waals surface area contributed by atoms with E-state index in [9.17, 15) is 14.4 Å². The van der Waals surface area contributed by atoms with Crippen LogP contribution in [-0.2, 0) is 0 Å². The predicted molar refractivity (Wildman–Crippen MR) is 130 cm³/mol. The van der Waals surface area contributed by atoms with E-state index < -0.39 is 0 Å². The number of Topliss-reactive ketones (excluding diaryl/α,β-unsaturated/α-hetero) is 1. The van der Waals surface area contributed by atoms with Crippen LogP contribution in [-0.4, -0.2) is 53.7 Å². The van der Waals surface area contributed by atoms with Crippen LogP contribution in [0, 0.1) is 26.2 Å². The van der Waals surface area contributed by atoms with Gasteiger partial charge >= 0.3 is 6.03 Å². The van der Waals surface area contributed by atoms with E-state index >= 15 is 0 Å². The molecule has 2 fully saturated rings. The molecule has 6 nitrogen and oxygen atoms in total. The van der Waals surface area contributed by atoms with Crippen molar-refractivity contribution < 1.29 is 14.4 Å². The second kappa shape index (κ2) is 9.00. The molecule has 0 atom stereocenters. The van der Waals surface area contributed by atoms with E-state index in [1.807, 2.05) is 22.8 Å². The summed E-state index contributed by atoms with van der Waals surface area (Å²) in [6.45, 7) is 10.5. The van der Waals surface area contributed by atoms with Crippen molar-refractivity contribution in [2.45, 2.75) is 47.0 Å². The van der Waals surface area contributed by atoms with Crippen LogP contribution in [0.15, 0.2) is 36.4 Å². The molecular formula is C27H33N3O3. The van der Waals surface area contributed by atoms with E-state index in [0.29, 0.717) is 24.2 Å². The highest BCUT2D eigenvalue weighted by Gasteiger charge is 2.42. The molecule has 2 aromatic carbocycles. The van der Waals surface area contributed by atoms with Gasteiger partial charge in [-0.2, -0.15) is 0 Å². The summed E-state index contributed by atoms with van der Waals surface area (Å²) < 4.78 is 0. The van der Waals surface area contributed by atoms with E-state index in [2.05, 4.69) is 25.2 Å². The minimum atomic E-state index is -0.0395. The molecule has 0 saturated carbocycles. The monoisotopic (exact) mass is 447 g/mol. The fourth-order valence-electron chi connectivity index (χ4n) is 5.02. The van der Waals surface area contributed by atoms with Gasteiger partial charge in [-0.15, -0.1) is 0 Å². The first kappa shape index (κ1) is 23.0. The van der Waals surface area contributed by atoms with Crippen molar-refractivity contribution in [2.24, 2.45) is 5.41 Å². The lowest BCUT2D eigenvalue weighted by molar-refractivity contribution is 0.0594. The first-order valence-electron chi connectivity index (χ1n) is 11.7. The Kier molecular flexibility index (Phi) is 6.28. The molecule has 0 aliphatic carbocycles. The first-order chi connectivity index (χ1) is 15.7. The fraction of sp³-hybridized carbons (Fsp3) is 0.444. The van der Waals surface area contributed by atoms with Crippen LogP contribution in [0.4, 0.5) is 10.5 Å². The summed E-state index contributed by atoms with van der Waals surface area (Å²) >= 11 is 0. The summed E-state index contributed by atoms with van der Waals surface area (Å²) in [5, 5.41) is 3.10. The molecule has 2 heterocycles. The quantitative estimate of drug-likeness (QED) is 0.675. The highest BCUT2D eigenvalue weighted by Crippen LogP contribution is 2.41. The molecule has 6 heteroatoms. The number of urea groups is 1. The van der Waals surface area contributed by atoms with Gasteiger partial charge in [-0.25, -0.2) is 4.79 Å². The third-order valence-corrected chi connectivity index (χ3v) is 7.46. The molecular weight excluding hydrogens is 414 g/mol. The number of hydrogen-bond acceptors (Lipinski definition) is 3. The van der Waals surface area contributed by atoms with Crippen LogP contribution in [0.2, 0.25) is 0 Å². The number of aryl methyl sites for hydroxylation is 3. The van der Waals surface area contributed by atoms with Gasteiger partial charge in [0, 0.05) is 43.0 Å². The Morgan fingerprint density at radius 1 is 0.788 bits per heavy atom. The van der Waals surface area contributed by atoms with Gasteiger partial charge < -0.3 is 15.1 Å². The van der Waals surface area contributed by atoms with Gasteiger partial charge in [0.15, 0.2) is 5.78 Å². The maximum absolute atomic E-state index is 12.9. The third kappa shape index (κ3) is 4.80. The predicted octanol–water partition coefficient (Wildman–Crippen LogP) is 4.97. The molecule has 0 unspecified atom stereocenters. The number of ketones is 1. The molecule has 4 rings (SSSR count). The molecule has 0 aromatic heterocycles. The molecule has 2 aliphatic heterocycles. The maximum atomic E-state index is 12.9. The van der Waals surface area contributed by atoms with E-state index in [1.54, 1.807) is 24.3 Å². The van der Waals surface area contributed by atoms with Gasteiger partial charge in [0.25, 0.3) is 5.91 Å². The second-order valence-corrected chi connectivity index (χ2v) is 9.78. The lowest BCUT2D eigenvalue weighted by atomic mass is 9.77. The van der Waals surface area contributed by atoms with Crippen LogP contribution in [0.5, 0.6) is 0 Å². The summed E-state index contributed by atoms with van der Waals surface area (Å²) in [4.78, 5) is 41.1. The van der Waals surface area contributed by atoms with E-state index in [-0.39, 0.29) is 23.1 Å². The number of nitrogens with one attached hydrogen (secondary N) is 1. The highest BCUT2D eigenvalue weighted by atomic mass is 16.2. The minimum absolute atomic E-state index is 0.00332. The number of carbonyl (C=O) groups is 3. The molecule has 0 radical (unpaired) electrons.